The fourth-order valence-electron chi connectivity index (χ4n) is 0.886. The van der Waals surface area contributed by atoms with Gasteiger partial charge >= 0.3 is 0 Å². The zero-order valence-electron chi connectivity index (χ0n) is 6.51. The Labute approximate surface area is 77.5 Å². The van der Waals surface area contributed by atoms with Crippen LogP contribution in [0.3, 0.4) is 0 Å². The van der Waals surface area contributed by atoms with Gasteiger partial charge in [-0.25, -0.2) is 0 Å². The molecule has 0 aliphatic carbocycles. The molecule has 0 aromatic heterocycles. The van der Waals surface area contributed by atoms with Gasteiger partial charge < -0.3 is 5.11 Å². The summed E-state index contributed by atoms with van der Waals surface area (Å²) in [6.07, 6.45) is 0.713. The van der Waals surface area contributed by atoms with Gasteiger partial charge in [0.2, 0.25) is 0 Å². The first-order chi connectivity index (χ1) is 5.83. The number of rotatable bonds is 3. The third kappa shape index (κ3) is 4.03. The summed E-state index contributed by atoms with van der Waals surface area (Å²) in [6, 6.07) is 6.85. The van der Waals surface area contributed by atoms with E-state index in [1.54, 1.807) is 12.1 Å². The number of hydrogen-bond donors (Lipinski definition) is 1. The summed E-state index contributed by atoms with van der Waals surface area (Å²) >= 11 is 0. The maximum absolute atomic E-state index is 8.95. The number of nitrogens with zero attached hydrogens (tertiary/aromatic N) is 3. The number of phenols is 1. The Bertz CT molecular complexity index is 288. The van der Waals surface area contributed by atoms with Gasteiger partial charge in [-0.2, -0.15) is 0 Å². The molecule has 0 bridgehead atoms. The summed E-state index contributed by atoms with van der Waals surface area (Å²) in [5.74, 6) is 0.252. The minimum atomic E-state index is 0. The third-order valence-corrected chi connectivity index (χ3v) is 1.50. The number of hydrogen-bond acceptors (Lipinski definition) is 2. The second-order valence-corrected chi connectivity index (χ2v) is 2.37. The van der Waals surface area contributed by atoms with Crippen molar-refractivity contribution in [2.24, 2.45) is 5.11 Å². The van der Waals surface area contributed by atoms with Crippen molar-refractivity contribution in [1.29, 1.82) is 0 Å². The Morgan fingerprint density at radius 2 is 1.92 bits per heavy atom. The fourth-order valence-corrected chi connectivity index (χ4v) is 0.886. The molecule has 0 radical (unpaired) electrons. The first-order valence-corrected chi connectivity index (χ1v) is 3.61. The Morgan fingerprint density at radius 1 is 1.31 bits per heavy atom. The van der Waals surface area contributed by atoms with Crippen LogP contribution in [0, 0.1) is 0 Å². The zero-order chi connectivity index (χ0) is 8.81. The van der Waals surface area contributed by atoms with Gasteiger partial charge in [-0.15, -0.1) is 0 Å². The summed E-state index contributed by atoms with van der Waals surface area (Å²) in [5.41, 5.74) is 9.06. The van der Waals surface area contributed by atoms with Gasteiger partial charge in [-0.1, -0.05) is 24.7 Å². The van der Waals surface area contributed by atoms with Crippen molar-refractivity contribution in [1.82, 2.24) is 0 Å². The molecule has 0 saturated carbocycles. The first kappa shape index (κ1) is 11.3. The van der Waals surface area contributed by atoms with Crippen LogP contribution >= 0.6 is 0 Å². The quantitative estimate of drug-likeness (QED) is 0.432. The summed E-state index contributed by atoms with van der Waals surface area (Å²) in [7, 11) is 0. The van der Waals surface area contributed by atoms with Gasteiger partial charge in [0.15, 0.2) is 0 Å². The van der Waals surface area contributed by atoms with Crippen LogP contribution in [-0.2, 0) is 6.42 Å². The van der Waals surface area contributed by atoms with E-state index in [0.29, 0.717) is 13.0 Å². The van der Waals surface area contributed by atoms with Crippen LogP contribution in [0.2, 0.25) is 0 Å². The Morgan fingerprint density at radius 3 is 2.46 bits per heavy atom. The molecule has 0 aliphatic heterocycles. The molecule has 70 valence electrons. The minimum absolute atomic E-state index is 0. The number of phenolic OH excluding ortho intramolecular Hbond substituents is 1. The summed E-state index contributed by atoms with van der Waals surface area (Å²) in [6.45, 7) is 0.460. The summed E-state index contributed by atoms with van der Waals surface area (Å²) in [4.78, 5) is 2.64. The van der Waals surface area contributed by atoms with Gasteiger partial charge in [0.1, 0.15) is 5.75 Å². The highest BCUT2D eigenvalue weighted by molar-refractivity contribution is 5.25. The molecule has 1 aromatic rings. The lowest BCUT2D eigenvalue weighted by Gasteiger charge is -1.96. The Kier molecular flexibility index (Phi) is 5.15. The smallest absolute Gasteiger partial charge is 0.115 e. The van der Waals surface area contributed by atoms with E-state index >= 15 is 0 Å². The lowest BCUT2D eigenvalue weighted by atomic mass is 10.1. The molecule has 0 fully saturated rings. The highest BCUT2D eigenvalue weighted by Crippen LogP contribution is 2.09. The molecule has 0 atom stereocenters. The second-order valence-electron chi connectivity index (χ2n) is 2.37. The molecule has 0 unspecified atom stereocenters. The van der Waals surface area contributed by atoms with E-state index in [9.17, 15) is 0 Å². The SMILES string of the molecule is C.[N-]=[N+]=NCCc1ccc(O)cc1. The molecule has 1 rings (SSSR count). The van der Waals surface area contributed by atoms with Crippen LogP contribution < -0.4 is 0 Å². The molecule has 4 heteroatoms. The van der Waals surface area contributed by atoms with Crippen molar-refractivity contribution in [2.45, 2.75) is 13.8 Å². The lowest BCUT2D eigenvalue weighted by molar-refractivity contribution is 0.475. The highest BCUT2D eigenvalue weighted by atomic mass is 16.3. The number of azide groups is 1. The minimum Gasteiger partial charge on any atom is -0.508 e. The van der Waals surface area contributed by atoms with E-state index in [1.807, 2.05) is 12.1 Å². The van der Waals surface area contributed by atoms with Crippen molar-refractivity contribution < 1.29 is 5.11 Å². The Hall–Kier alpha value is -1.67. The molecular weight excluding hydrogens is 166 g/mol. The van der Waals surface area contributed by atoms with Gasteiger partial charge in [-0.3, -0.25) is 0 Å². The molecule has 0 aliphatic rings. The number of aromatic hydroxyl groups is 1. The van der Waals surface area contributed by atoms with E-state index in [0.717, 1.165) is 5.56 Å². The molecule has 1 aromatic carbocycles. The molecule has 4 nitrogen and oxygen atoms in total. The molecule has 1 N–H and O–H groups in total. The third-order valence-electron chi connectivity index (χ3n) is 1.50. The maximum Gasteiger partial charge on any atom is 0.115 e. The van der Waals surface area contributed by atoms with E-state index < -0.39 is 0 Å². The molecule has 0 amide bonds. The molecule has 13 heavy (non-hydrogen) atoms. The largest absolute Gasteiger partial charge is 0.508 e. The normalized spacial score (nSPS) is 8.31. The van der Waals surface area contributed by atoms with Crippen LogP contribution in [0.4, 0.5) is 0 Å². The lowest BCUT2D eigenvalue weighted by Crippen LogP contribution is -1.86. The average molecular weight is 179 g/mol. The van der Waals surface area contributed by atoms with Crippen LogP contribution in [0.5, 0.6) is 5.75 Å². The van der Waals surface area contributed by atoms with Crippen LogP contribution in [0.25, 0.3) is 10.4 Å². The van der Waals surface area contributed by atoms with Crippen LogP contribution in [0.1, 0.15) is 13.0 Å². The second kappa shape index (κ2) is 5.91. The van der Waals surface area contributed by atoms with Crippen LogP contribution in [-0.4, -0.2) is 11.7 Å². The van der Waals surface area contributed by atoms with E-state index in [1.165, 1.54) is 0 Å². The van der Waals surface area contributed by atoms with Gasteiger partial charge in [-0.05, 0) is 29.6 Å². The van der Waals surface area contributed by atoms with E-state index in [4.69, 9.17) is 10.6 Å². The maximum atomic E-state index is 8.95. The summed E-state index contributed by atoms with van der Waals surface area (Å²) in [5, 5.41) is 12.4. The van der Waals surface area contributed by atoms with Crippen molar-refractivity contribution in [3.05, 3.63) is 40.3 Å². The van der Waals surface area contributed by atoms with Gasteiger partial charge in [0, 0.05) is 11.5 Å². The summed E-state index contributed by atoms with van der Waals surface area (Å²) < 4.78 is 0. The average Bonchev–Trinajstić information content (AvgIpc) is 2.09. The monoisotopic (exact) mass is 179 g/mol. The fraction of sp³-hybridized carbons (Fsp3) is 0.333. The topological polar surface area (TPSA) is 69.0 Å². The predicted molar refractivity (Wildman–Crippen MR) is 52.6 cm³/mol. The Balaban J connectivity index is 0.00000144. The number of benzene rings is 1. The van der Waals surface area contributed by atoms with E-state index in [2.05, 4.69) is 10.0 Å². The van der Waals surface area contributed by atoms with Gasteiger partial charge in [0.05, 0.1) is 0 Å². The highest BCUT2D eigenvalue weighted by Gasteiger charge is 1.91. The zero-order valence-corrected chi connectivity index (χ0v) is 6.51. The van der Waals surface area contributed by atoms with Crippen LogP contribution in [0.15, 0.2) is 29.4 Å². The molecular formula is C9H13N3O. The van der Waals surface area contributed by atoms with Gasteiger partial charge in [0.25, 0.3) is 0 Å². The van der Waals surface area contributed by atoms with E-state index in [-0.39, 0.29) is 13.2 Å². The van der Waals surface area contributed by atoms with Crippen molar-refractivity contribution in [2.75, 3.05) is 6.54 Å². The standard InChI is InChI=1S/C8H9N3O.CH4/c9-11-10-6-5-7-1-3-8(12)4-2-7;/h1-4,12H,5-6H2;1H4. The van der Waals surface area contributed by atoms with Crippen molar-refractivity contribution in [3.63, 3.8) is 0 Å². The van der Waals surface area contributed by atoms with Crippen molar-refractivity contribution >= 4 is 0 Å². The molecule has 0 heterocycles. The first-order valence-electron chi connectivity index (χ1n) is 3.61. The molecule has 0 spiro atoms. The predicted octanol–water partition coefficient (Wildman–Crippen LogP) is 2.88. The molecule has 0 saturated heterocycles. The van der Waals surface area contributed by atoms with Crippen molar-refractivity contribution in [3.8, 4) is 5.75 Å².